The number of thiocarbonyl (C=S) groups is 1. The second-order valence-electron chi connectivity index (χ2n) is 6.01. The molecule has 4 nitrogen and oxygen atoms in total. The fraction of sp³-hybridized carbons (Fsp3) is 0.316. The molecule has 0 spiro atoms. The zero-order valence-corrected chi connectivity index (χ0v) is 15.8. The maximum Gasteiger partial charge on any atom is 0.173 e. The predicted molar refractivity (Wildman–Crippen MR) is 108 cm³/mol. The number of halogens is 1. The lowest BCUT2D eigenvalue weighted by molar-refractivity contribution is 0.177. The van der Waals surface area contributed by atoms with Gasteiger partial charge in [0.05, 0.1) is 7.11 Å². The van der Waals surface area contributed by atoms with Crippen LogP contribution in [-0.2, 0) is 6.54 Å². The van der Waals surface area contributed by atoms with Gasteiger partial charge < -0.3 is 15.0 Å². The number of hydrogen-bond acceptors (Lipinski definition) is 3. The van der Waals surface area contributed by atoms with Crippen molar-refractivity contribution in [2.24, 2.45) is 0 Å². The van der Waals surface area contributed by atoms with Crippen molar-refractivity contribution in [2.75, 3.05) is 38.6 Å². The largest absolute Gasteiger partial charge is 0.497 e. The highest BCUT2D eigenvalue weighted by molar-refractivity contribution is 7.80. The van der Waals surface area contributed by atoms with Crippen molar-refractivity contribution in [1.29, 1.82) is 0 Å². The summed E-state index contributed by atoms with van der Waals surface area (Å²) >= 11 is 11.8. The molecular formula is C19H22ClN3OS. The zero-order valence-electron chi connectivity index (χ0n) is 14.2. The number of anilines is 1. The number of methoxy groups -OCH3 is 1. The van der Waals surface area contributed by atoms with E-state index in [1.54, 1.807) is 7.11 Å². The maximum atomic E-state index is 6.26. The molecule has 1 aliphatic rings. The third-order valence-corrected chi connectivity index (χ3v) is 5.08. The van der Waals surface area contributed by atoms with E-state index < -0.39 is 0 Å². The Morgan fingerprint density at radius 2 is 1.76 bits per heavy atom. The number of nitrogens with one attached hydrogen (secondary N) is 1. The van der Waals surface area contributed by atoms with E-state index in [-0.39, 0.29) is 0 Å². The van der Waals surface area contributed by atoms with Gasteiger partial charge in [0.1, 0.15) is 5.75 Å². The summed E-state index contributed by atoms with van der Waals surface area (Å²) in [5.41, 5.74) is 2.15. The summed E-state index contributed by atoms with van der Waals surface area (Å²) in [4.78, 5) is 4.62. The van der Waals surface area contributed by atoms with Crippen LogP contribution in [0, 0.1) is 0 Å². The highest BCUT2D eigenvalue weighted by Gasteiger charge is 2.19. The average molecular weight is 376 g/mol. The average Bonchev–Trinajstić information content (AvgIpc) is 2.65. The molecule has 0 aromatic heterocycles. The quantitative estimate of drug-likeness (QED) is 0.819. The van der Waals surface area contributed by atoms with Crippen LogP contribution in [0.1, 0.15) is 5.56 Å². The minimum atomic E-state index is 0.766. The van der Waals surface area contributed by atoms with E-state index in [0.717, 1.165) is 54.3 Å². The summed E-state index contributed by atoms with van der Waals surface area (Å²) in [5, 5.41) is 4.90. The third kappa shape index (κ3) is 4.84. The van der Waals surface area contributed by atoms with Crippen molar-refractivity contribution in [3.05, 3.63) is 59.1 Å². The Morgan fingerprint density at radius 3 is 2.40 bits per heavy atom. The summed E-state index contributed by atoms with van der Waals surface area (Å²) in [5.74, 6) is 0.838. The summed E-state index contributed by atoms with van der Waals surface area (Å²) in [6, 6.07) is 15.8. The summed E-state index contributed by atoms with van der Waals surface area (Å²) < 4.78 is 5.17. The molecule has 0 amide bonds. The number of rotatable bonds is 4. The Morgan fingerprint density at radius 1 is 1.08 bits per heavy atom. The lowest BCUT2D eigenvalue weighted by atomic mass is 10.2. The lowest BCUT2D eigenvalue weighted by Crippen LogP contribution is -2.49. The van der Waals surface area contributed by atoms with Gasteiger partial charge in [-0.3, -0.25) is 4.90 Å². The van der Waals surface area contributed by atoms with Gasteiger partial charge in [0.15, 0.2) is 5.11 Å². The zero-order chi connectivity index (χ0) is 17.6. The van der Waals surface area contributed by atoms with Gasteiger partial charge in [0, 0.05) is 43.4 Å². The first kappa shape index (κ1) is 18.0. The first-order valence-corrected chi connectivity index (χ1v) is 9.10. The van der Waals surface area contributed by atoms with Crippen molar-refractivity contribution in [3.8, 4) is 5.75 Å². The normalized spacial score (nSPS) is 15.0. The molecule has 1 fully saturated rings. The highest BCUT2D eigenvalue weighted by atomic mass is 35.5. The van der Waals surface area contributed by atoms with Crippen molar-refractivity contribution >= 4 is 34.6 Å². The minimum absolute atomic E-state index is 0.766. The number of benzene rings is 2. The van der Waals surface area contributed by atoms with Crippen molar-refractivity contribution in [2.45, 2.75) is 6.54 Å². The molecule has 1 aliphatic heterocycles. The molecule has 2 aromatic carbocycles. The van der Waals surface area contributed by atoms with E-state index >= 15 is 0 Å². The number of hydrogen-bond donors (Lipinski definition) is 1. The Hall–Kier alpha value is -1.82. The molecule has 0 aliphatic carbocycles. The Labute approximate surface area is 159 Å². The van der Waals surface area contributed by atoms with Gasteiger partial charge >= 0.3 is 0 Å². The van der Waals surface area contributed by atoms with E-state index in [1.807, 2.05) is 42.5 Å². The SMILES string of the molecule is COc1ccc(NC(=S)N2CCN(Cc3ccccc3Cl)CC2)cc1. The van der Waals surface area contributed by atoms with E-state index in [9.17, 15) is 0 Å². The van der Waals surface area contributed by atoms with Gasteiger partial charge in [-0.15, -0.1) is 0 Å². The molecule has 0 unspecified atom stereocenters. The molecule has 132 valence electrons. The molecule has 0 atom stereocenters. The van der Waals surface area contributed by atoms with Crippen LogP contribution in [-0.4, -0.2) is 48.2 Å². The fourth-order valence-corrected chi connectivity index (χ4v) is 3.35. The summed E-state index contributed by atoms with van der Waals surface area (Å²) in [6.07, 6.45) is 0. The van der Waals surface area contributed by atoms with Gasteiger partial charge in [-0.2, -0.15) is 0 Å². The molecule has 1 heterocycles. The maximum absolute atomic E-state index is 6.26. The molecule has 3 rings (SSSR count). The molecule has 1 N–H and O–H groups in total. The minimum Gasteiger partial charge on any atom is -0.497 e. The standard InChI is InChI=1S/C19H22ClN3OS/c1-24-17-8-6-16(7-9-17)21-19(25)23-12-10-22(11-13-23)14-15-4-2-3-5-18(15)20/h2-9H,10-14H2,1H3,(H,21,25). The highest BCUT2D eigenvalue weighted by Crippen LogP contribution is 2.19. The molecule has 6 heteroatoms. The molecule has 0 saturated carbocycles. The molecule has 0 radical (unpaired) electrons. The molecular weight excluding hydrogens is 354 g/mol. The van der Waals surface area contributed by atoms with Crippen LogP contribution in [0.15, 0.2) is 48.5 Å². The number of nitrogens with zero attached hydrogens (tertiary/aromatic N) is 2. The molecule has 2 aromatic rings. The van der Waals surface area contributed by atoms with Crippen LogP contribution >= 0.6 is 23.8 Å². The van der Waals surface area contributed by atoms with E-state index in [1.165, 1.54) is 5.56 Å². The molecule has 25 heavy (non-hydrogen) atoms. The summed E-state index contributed by atoms with van der Waals surface area (Å²) in [7, 11) is 1.66. The number of piperazine rings is 1. The monoisotopic (exact) mass is 375 g/mol. The lowest BCUT2D eigenvalue weighted by Gasteiger charge is -2.36. The smallest absolute Gasteiger partial charge is 0.173 e. The topological polar surface area (TPSA) is 27.7 Å². The van der Waals surface area contributed by atoms with E-state index in [0.29, 0.717) is 0 Å². The second-order valence-corrected chi connectivity index (χ2v) is 6.81. The van der Waals surface area contributed by atoms with E-state index in [2.05, 4.69) is 21.2 Å². The van der Waals surface area contributed by atoms with Crippen LogP contribution in [0.2, 0.25) is 5.02 Å². The predicted octanol–water partition coefficient (Wildman–Crippen LogP) is 3.86. The van der Waals surface area contributed by atoms with Gasteiger partial charge in [-0.25, -0.2) is 0 Å². The van der Waals surface area contributed by atoms with Crippen LogP contribution < -0.4 is 10.1 Å². The summed E-state index contributed by atoms with van der Waals surface area (Å²) in [6.45, 7) is 4.64. The van der Waals surface area contributed by atoms with Crippen LogP contribution in [0.3, 0.4) is 0 Å². The van der Waals surface area contributed by atoms with Crippen LogP contribution in [0.4, 0.5) is 5.69 Å². The molecule has 1 saturated heterocycles. The van der Waals surface area contributed by atoms with Crippen molar-refractivity contribution in [3.63, 3.8) is 0 Å². The van der Waals surface area contributed by atoms with Crippen LogP contribution in [0.5, 0.6) is 5.75 Å². The first-order valence-electron chi connectivity index (χ1n) is 8.31. The van der Waals surface area contributed by atoms with E-state index in [4.69, 9.17) is 28.6 Å². The van der Waals surface area contributed by atoms with Gasteiger partial charge in [-0.1, -0.05) is 29.8 Å². The van der Waals surface area contributed by atoms with Crippen molar-refractivity contribution < 1.29 is 4.74 Å². The first-order chi connectivity index (χ1) is 12.2. The van der Waals surface area contributed by atoms with Crippen LogP contribution in [0.25, 0.3) is 0 Å². The van der Waals surface area contributed by atoms with Gasteiger partial charge in [0.25, 0.3) is 0 Å². The Bertz CT molecular complexity index is 715. The van der Waals surface area contributed by atoms with Gasteiger partial charge in [-0.05, 0) is 48.1 Å². The number of ether oxygens (including phenoxy) is 1. The Kier molecular flexibility index (Phi) is 6.13. The second kappa shape index (κ2) is 8.52. The third-order valence-electron chi connectivity index (χ3n) is 4.35. The molecule has 0 bridgehead atoms. The fourth-order valence-electron chi connectivity index (χ4n) is 2.85. The van der Waals surface area contributed by atoms with Gasteiger partial charge in [0.2, 0.25) is 0 Å². The Balaban J connectivity index is 1.49. The van der Waals surface area contributed by atoms with Crippen molar-refractivity contribution in [1.82, 2.24) is 9.80 Å².